The van der Waals surface area contributed by atoms with Crippen LogP contribution in [0.4, 0.5) is 0 Å². The van der Waals surface area contributed by atoms with E-state index in [4.69, 9.17) is 0 Å². The first-order valence-corrected chi connectivity index (χ1v) is 6.54. The second-order valence-corrected chi connectivity index (χ2v) is 7.19. The van der Waals surface area contributed by atoms with Crippen molar-refractivity contribution in [3.05, 3.63) is 41.0 Å². The van der Waals surface area contributed by atoms with Crippen molar-refractivity contribution in [2.75, 3.05) is 0 Å². The third kappa shape index (κ3) is 2.31. The van der Waals surface area contributed by atoms with Gasteiger partial charge in [-0.3, -0.25) is 0 Å². The summed E-state index contributed by atoms with van der Waals surface area (Å²) in [6, 6.07) is 7.00. The Morgan fingerprint density at radius 3 is 2.06 bits per heavy atom. The average molecular weight is 228 g/mol. The standard InChI is InChI=1S/C17H24/c1-16(2,3)13-9-7-12-8-10-15(14(12)11-13)17(4,5)6/h7,9-11H,8H2,1-6H3. The van der Waals surface area contributed by atoms with Gasteiger partial charge in [0.05, 0.1) is 0 Å². The van der Waals surface area contributed by atoms with Gasteiger partial charge in [0.2, 0.25) is 0 Å². The van der Waals surface area contributed by atoms with Crippen LogP contribution in [0.2, 0.25) is 0 Å². The summed E-state index contributed by atoms with van der Waals surface area (Å²) in [6.45, 7) is 13.8. The molecule has 0 aromatic heterocycles. The maximum absolute atomic E-state index is 2.40. The molecule has 0 unspecified atom stereocenters. The van der Waals surface area contributed by atoms with E-state index in [0.29, 0.717) is 0 Å². The summed E-state index contributed by atoms with van der Waals surface area (Å²) in [5.41, 5.74) is 6.40. The lowest BCUT2D eigenvalue weighted by molar-refractivity contribution is 0.565. The van der Waals surface area contributed by atoms with Crippen molar-refractivity contribution in [2.24, 2.45) is 5.41 Å². The first-order chi connectivity index (χ1) is 7.69. The number of benzene rings is 1. The molecule has 1 aromatic rings. The second kappa shape index (κ2) is 3.73. The molecule has 0 N–H and O–H groups in total. The number of hydrogen-bond donors (Lipinski definition) is 0. The fraction of sp³-hybridized carbons (Fsp3) is 0.529. The predicted molar refractivity (Wildman–Crippen MR) is 76.3 cm³/mol. The van der Waals surface area contributed by atoms with Crippen molar-refractivity contribution < 1.29 is 0 Å². The molecular weight excluding hydrogens is 204 g/mol. The highest BCUT2D eigenvalue weighted by Gasteiger charge is 2.26. The van der Waals surface area contributed by atoms with Crippen LogP contribution in [0.5, 0.6) is 0 Å². The average Bonchev–Trinajstić information content (AvgIpc) is 2.57. The van der Waals surface area contributed by atoms with E-state index in [2.05, 4.69) is 65.8 Å². The quantitative estimate of drug-likeness (QED) is 0.588. The minimum atomic E-state index is 0.237. The van der Waals surface area contributed by atoms with Crippen LogP contribution in [-0.4, -0.2) is 0 Å². The number of fused-ring (bicyclic) bond motifs is 1. The maximum atomic E-state index is 2.40. The largest absolute Gasteiger partial charge is 0.0758 e. The van der Waals surface area contributed by atoms with Crippen LogP contribution >= 0.6 is 0 Å². The molecule has 0 aliphatic heterocycles. The number of allylic oxidation sites excluding steroid dienone is 2. The fourth-order valence-electron chi connectivity index (χ4n) is 2.50. The van der Waals surface area contributed by atoms with Crippen LogP contribution in [0.15, 0.2) is 24.3 Å². The fourth-order valence-corrected chi connectivity index (χ4v) is 2.50. The smallest absolute Gasteiger partial charge is 0.00852 e. The van der Waals surface area contributed by atoms with E-state index in [0.717, 1.165) is 6.42 Å². The summed E-state index contributed by atoms with van der Waals surface area (Å²) in [7, 11) is 0. The summed E-state index contributed by atoms with van der Waals surface area (Å²) in [5, 5.41) is 0. The molecule has 0 heteroatoms. The van der Waals surface area contributed by atoms with Gasteiger partial charge in [-0.05, 0) is 39.5 Å². The lowest BCUT2D eigenvalue weighted by Crippen LogP contribution is -2.13. The predicted octanol–water partition coefficient (Wildman–Crippen LogP) is 4.97. The molecule has 0 heterocycles. The Balaban J connectivity index is 2.50. The van der Waals surface area contributed by atoms with Crippen LogP contribution in [-0.2, 0) is 11.8 Å². The molecule has 1 aromatic carbocycles. The topological polar surface area (TPSA) is 0 Å². The Morgan fingerprint density at radius 2 is 1.53 bits per heavy atom. The molecule has 1 aliphatic carbocycles. The van der Waals surface area contributed by atoms with E-state index in [1.165, 1.54) is 22.3 Å². The van der Waals surface area contributed by atoms with Gasteiger partial charge >= 0.3 is 0 Å². The molecule has 0 nitrogen and oxygen atoms in total. The van der Waals surface area contributed by atoms with Gasteiger partial charge in [-0.25, -0.2) is 0 Å². The van der Waals surface area contributed by atoms with E-state index < -0.39 is 0 Å². The van der Waals surface area contributed by atoms with Crippen molar-refractivity contribution in [1.29, 1.82) is 0 Å². The molecule has 1 aliphatic rings. The van der Waals surface area contributed by atoms with E-state index in [9.17, 15) is 0 Å². The zero-order valence-electron chi connectivity index (χ0n) is 12.0. The van der Waals surface area contributed by atoms with Crippen LogP contribution in [0.25, 0.3) is 5.57 Å². The molecule has 0 radical (unpaired) electrons. The second-order valence-electron chi connectivity index (χ2n) is 7.19. The molecule has 2 rings (SSSR count). The molecular formula is C17H24. The summed E-state index contributed by atoms with van der Waals surface area (Å²) in [5.74, 6) is 0. The van der Waals surface area contributed by atoms with E-state index >= 15 is 0 Å². The summed E-state index contributed by atoms with van der Waals surface area (Å²) < 4.78 is 0. The lowest BCUT2D eigenvalue weighted by atomic mass is 9.80. The maximum Gasteiger partial charge on any atom is -0.00852 e. The third-order valence-corrected chi connectivity index (χ3v) is 3.60. The van der Waals surface area contributed by atoms with Gasteiger partial charge < -0.3 is 0 Å². The molecule has 0 spiro atoms. The van der Waals surface area contributed by atoms with Crippen molar-refractivity contribution in [1.82, 2.24) is 0 Å². The monoisotopic (exact) mass is 228 g/mol. The minimum Gasteiger partial charge on any atom is -0.0758 e. The van der Waals surface area contributed by atoms with Gasteiger partial charge in [-0.1, -0.05) is 65.8 Å². The van der Waals surface area contributed by atoms with Crippen LogP contribution in [0, 0.1) is 5.41 Å². The first-order valence-electron chi connectivity index (χ1n) is 6.54. The Kier molecular flexibility index (Phi) is 2.72. The van der Waals surface area contributed by atoms with Crippen molar-refractivity contribution in [3.8, 4) is 0 Å². The number of hydrogen-bond acceptors (Lipinski definition) is 0. The van der Waals surface area contributed by atoms with Crippen LogP contribution < -0.4 is 0 Å². The van der Waals surface area contributed by atoms with Crippen molar-refractivity contribution in [3.63, 3.8) is 0 Å². The Labute approximate surface area is 106 Å². The van der Waals surface area contributed by atoms with E-state index in [1.807, 2.05) is 0 Å². The highest BCUT2D eigenvalue weighted by Crippen LogP contribution is 2.41. The SMILES string of the molecule is CC(C)(C)C1=CCc2ccc(C(C)(C)C)cc21. The van der Waals surface area contributed by atoms with Crippen molar-refractivity contribution in [2.45, 2.75) is 53.4 Å². The summed E-state index contributed by atoms with van der Waals surface area (Å²) in [6.07, 6.45) is 3.50. The zero-order chi connectivity index (χ0) is 12.8. The van der Waals surface area contributed by atoms with Gasteiger partial charge in [0.1, 0.15) is 0 Å². The molecule has 0 atom stereocenters. The number of rotatable bonds is 0. The van der Waals surface area contributed by atoms with Gasteiger partial charge in [0, 0.05) is 0 Å². The molecule has 0 amide bonds. The Hall–Kier alpha value is -1.04. The first kappa shape index (κ1) is 12.4. The summed E-state index contributed by atoms with van der Waals surface area (Å²) in [4.78, 5) is 0. The highest BCUT2D eigenvalue weighted by molar-refractivity contribution is 5.76. The summed E-state index contributed by atoms with van der Waals surface area (Å²) >= 11 is 0. The normalized spacial score (nSPS) is 15.8. The van der Waals surface area contributed by atoms with Crippen LogP contribution in [0.3, 0.4) is 0 Å². The van der Waals surface area contributed by atoms with Gasteiger partial charge in [-0.15, -0.1) is 0 Å². The van der Waals surface area contributed by atoms with E-state index in [-0.39, 0.29) is 10.8 Å². The van der Waals surface area contributed by atoms with Gasteiger partial charge in [-0.2, -0.15) is 0 Å². The molecule has 92 valence electrons. The van der Waals surface area contributed by atoms with Gasteiger partial charge in [0.25, 0.3) is 0 Å². The molecule has 17 heavy (non-hydrogen) atoms. The van der Waals surface area contributed by atoms with Gasteiger partial charge in [0.15, 0.2) is 0 Å². The third-order valence-electron chi connectivity index (χ3n) is 3.60. The molecule has 0 fully saturated rings. The minimum absolute atomic E-state index is 0.237. The zero-order valence-corrected chi connectivity index (χ0v) is 12.0. The van der Waals surface area contributed by atoms with E-state index in [1.54, 1.807) is 0 Å². The van der Waals surface area contributed by atoms with Crippen molar-refractivity contribution >= 4 is 5.57 Å². The Morgan fingerprint density at radius 1 is 0.882 bits per heavy atom. The molecule has 0 saturated carbocycles. The molecule has 0 saturated heterocycles. The highest BCUT2D eigenvalue weighted by atomic mass is 14.3. The van der Waals surface area contributed by atoms with Crippen LogP contribution in [0.1, 0.15) is 58.2 Å². The lowest BCUT2D eigenvalue weighted by Gasteiger charge is -2.25. The Bertz CT molecular complexity index is 462. The molecule has 0 bridgehead atoms.